The number of aromatic nitrogens is 1. The SMILES string of the molecule is Cc1cccc(N2CCN(C(=O)CCCC(=O)N(C)C)[C@@H](C)C2)n1. The normalized spacial score (nSPS) is 17.8. The molecular weight excluding hydrogens is 304 g/mol. The quantitative estimate of drug-likeness (QED) is 0.823. The van der Waals surface area contributed by atoms with Crippen LogP contribution in [0.15, 0.2) is 18.2 Å². The van der Waals surface area contributed by atoms with Crippen LogP contribution >= 0.6 is 0 Å². The van der Waals surface area contributed by atoms with Crippen LogP contribution in [-0.4, -0.2) is 66.4 Å². The van der Waals surface area contributed by atoms with E-state index in [4.69, 9.17) is 0 Å². The number of nitrogens with zero attached hydrogens (tertiary/aromatic N) is 4. The molecule has 24 heavy (non-hydrogen) atoms. The van der Waals surface area contributed by atoms with Gasteiger partial charge in [-0.25, -0.2) is 4.98 Å². The number of carbonyl (C=O) groups excluding carboxylic acids is 2. The Morgan fingerprint density at radius 3 is 2.62 bits per heavy atom. The Balaban J connectivity index is 1.84. The Kier molecular flexibility index (Phi) is 6.17. The van der Waals surface area contributed by atoms with Crippen LogP contribution in [-0.2, 0) is 9.59 Å². The van der Waals surface area contributed by atoms with Crippen molar-refractivity contribution in [1.82, 2.24) is 14.8 Å². The molecule has 0 aliphatic carbocycles. The molecule has 0 aromatic carbocycles. The number of anilines is 1. The molecule has 0 bridgehead atoms. The van der Waals surface area contributed by atoms with E-state index in [1.165, 1.54) is 0 Å². The zero-order chi connectivity index (χ0) is 17.7. The van der Waals surface area contributed by atoms with Crippen LogP contribution in [0.1, 0.15) is 31.9 Å². The van der Waals surface area contributed by atoms with Gasteiger partial charge in [0.2, 0.25) is 11.8 Å². The average molecular weight is 332 g/mol. The van der Waals surface area contributed by atoms with E-state index in [1.54, 1.807) is 19.0 Å². The molecule has 6 nitrogen and oxygen atoms in total. The maximum atomic E-state index is 12.4. The van der Waals surface area contributed by atoms with E-state index in [1.807, 2.05) is 30.0 Å². The number of rotatable bonds is 5. The smallest absolute Gasteiger partial charge is 0.222 e. The molecule has 1 fully saturated rings. The van der Waals surface area contributed by atoms with Crippen molar-refractivity contribution in [2.24, 2.45) is 0 Å². The van der Waals surface area contributed by atoms with Crippen molar-refractivity contribution in [3.8, 4) is 0 Å². The van der Waals surface area contributed by atoms with Crippen molar-refractivity contribution < 1.29 is 9.59 Å². The third kappa shape index (κ3) is 4.69. The highest BCUT2D eigenvalue weighted by molar-refractivity contribution is 5.79. The van der Waals surface area contributed by atoms with Crippen molar-refractivity contribution >= 4 is 17.6 Å². The van der Waals surface area contributed by atoms with Gasteiger partial charge in [0.25, 0.3) is 0 Å². The number of carbonyl (C=O) groups is 2. The molecule has 0 N–H and O–H groups in total. The summed E-state index contributed by atoms with van der Waals surface area (Å²) in [6, 6.07) is 6.17. The van der Waals surface area contributed by atoms with E-state index in [0.717, 1.165) is 24.6 Å². The van der Waals surface area contributed by atoms with E-state index in [9.17, 15) is 9.59 Å². The zero-order valence-electron chi connectivity index (χ0n) is 15.2. The third-order valence-electron chi connectivity index (χ3n) is 4.43. The largest absolute Gasteiger partial charge is 0.353 e. The molecule has 2 amide bonds. The lowest BCUT2D eigenvalue weighted by Crippen LogP contribution is -2.54. The lowest BCUT2D eigenvalue weighted by molar-refractivity contribution is -0.134. The van der Waals surface area contributed by atoms with Gasteiger partial charge < -0.3 is 14.7 Å². The molecule has 6 heteroatoms. The van der Waals surface area contributed by atoms with Gasteiger partial charge in [0.15, 0.2) is 0 Å². The summed E-state index contributed by atoms with van der Waals surface area (Å²) in [6.45, 7) is 6.35. The van der Waals surface area contributed by atoms with E-state index in [0.29, 0.717) is 25.8 Å². The molecule has 0 saturated carbocycles. The average Bonchev–Trinajstić information content (AvgIpc) is 2.54. The molecule has 0 unspecified atom stereocenters. The van der Waals surface area contributed by atoms with Crippen LogP contribution < -0.4 is 4.90 Å². The van der Waals surface area contributed by atoms with Crippen LogP contribution in [0.2, 0.25) is 0 Å². The highest BCUT2D eigenvalue weighted by atomic mass is 16.2. The molecule has 0 radical (unpaired) electrons. The van der Waals surface area contributed by atoms with E-state index in [-0.39, 0.29) is 17.9 Å². The van der Waals surface area contributed by atoms with Gasteiger partial charge in [-0.05, 0) is 32.4 Å². The molecule has 2 heterocycles. The second-order valence-corrected chi connectivity index (χ2v) is 6.66. The lowest BCUT2D eigenvalue weighted by atomic mass is 10.1. The molecule has 1 aliphatic rings. The summed E-state index contributed by atoms with van der Waals surface area (Å²) in [5.74, 6) is 1.20. The van der Waals surface area contributed by atoms with E-state index < -0.39 is 0 Å². The predicted octanol–water partition coefficient (Wildman–Crippen LogP) is 1.69. The van der Waals surface area contributed by atoms with Crippen LogP contribution in [0, 0.1) is 6.92 Å². The summed E-state index contributed by atoms with van der Waals surface area (Å²) >= 11 is 0. The maximum Gasteiger partial charge on any atom is 0.222 e. The fourth-order valence-electron chi connectivity index (χ4n) is 3.00. The highest BCUT2D eigenvalue weighted by Crippen LogP contribution is 2.18. The molecule has 132 valence electrons. The Bertz CT molecular complexity index is 588. The summed E-state index contributed by atoms with van der Waals surface area (Å²) in [7, 11) is 3.48. The fraction of sp³-hybridized carbons (Fsp3) is 0.611. The van der Waals surface area contributed by atoms with Gasteiger partial charge >= 0.3 is 0 Å². The number of piperazine rings is 1. The van der Waals surface area contributed by atoms with Crippen LogP contribution in [0.4, 0.5) is 5.82 Å². The first-order valence-corrected chi connectivity index (χ1v) is 8.56. The number of aryl methyl sites for hydroxylation is 1. The van der Waals surface area contributed by atoms with Gasteiger partial charge in [-0.3, -0.25) is 9.59 Å². The predicted molar refractivity (Wildman–Crippen MR) is 94.9 cm³/mol. The third-order valence-corrected chi connectivity index (χ3v) is 4.43. The Hall–Kier alpha value is -2.11. The molecule has 1 saturated heterocycles. The number of hydrogen-bond acceptors (Lipinski definition) is 4. The van der Waals surface area contributed by atoms with Gasteiger partial charge in [-0.15, -0.1) is 0 Å². The summed E-state index contributed by atoms with van der Waals surface area (Å²) < 4.78 is 0. The minimum Gasteiger partial charge on any atom is -0.353 e. The monoisotopic (exact) mass is 332 g/mol. The molecule has 1 atom stereocenters. The molecular formula is C18H28N4O2. The first-order chi connectivity index (χ1) is 11.4. The molecule has 0 spiro atoms. The first-order valence-electron chi connectivity index (χ1n) is 8.56. The molecule has 1 aromatic heterocycles. The minimum atomic E-state index is 0.0752. The Morgan fingerprint density at radius 2 is 2.00 bits per heavy atom. The number of pyridine rings is 1. The first kappa shape index (κ1) is 18.2. The van der Waals surface area contributed by atoms with Gasteiger partial charge in [0, 0.05) is 58.3 Å². The summed E-state index contributed by atoms with van der Waals surface area (Å²) in [6.07, 6.45) is 1.48. The van der Waals surface area contributed by atoms with Gasteiger partial charge in [0.05, 0.1) is 0 Å². The molecule has 1 aromatic rings. The topological polar surface area (TPSA) is 56.8 Å². The van der Waals surface area contributed by atoms with Gasteiger partial charge in [-0.1, -0.05) is 6.07 Å². The zero-order valence-corrected chi connectivity index (χ0v) is 15.2. The summed E-state index contributed by atoms with van der Waals surface area (Å²) in [5, 5.41) is 0. The Morgan fingerprint density at radius 1 is 1.25 bits per heavy atom. The van der Waals surface area contributed by atoms with Crippen LogP contribution in [0.3, 0.4) is 0 Å². The number of amides is 2. The van der Waals surface area contributed by atoms with Crippen LogP contribution in [0.5, 0.6) is 0 Å². The minimum absolute atomic E-state index is 0.0752. The second-order valence-electron chi connectivity index (χ2n) is 6.66. The van der Waals surface area contributed by atoms with E-state index in [2.05, 4.69) is 16.8 Å². The van der Waals surface area contributed by atoms with Crippen molar-refractivity contribution in [2.45, 2.75) is 39.2 Å². The van der Waals surface area contributed by atoms with Gasteiger partial charge in [0.1, 0.15) is 5.82 Å². The summed E-state index contributed by atoms with van der Waals surface area (Å²) in [5.41, 5.74) is 1.00. The van der Waals surface area contributed by atoms with Crippen molar-refractivity contribution in [3.63, 3.8) is 0 Å². The highest BCUT2D eigenvalue weighted by Gasteiger charge is 2.27. The van der Waals surface area contributed by atoms with Crippen molar-refractivity contribution in [3.05, 3.63) is 23.9 Å². The van der Waals surface area contributed by atoms with Crippen molar-refractivity contribution in [2.75, 3.05) is 38.6 Å². The van der Waals surface area contributed by atoms with E-state index >= 15 is 0 Å². The standard InChI is InChI=1S/C18H28N4O2/c1-14-7-5-8-16(19-14)21-11-12-22(15(2)13-21)18(24)10-6-9-17(23)20(3)4/h5,7-8,15H,6,9-13H2,1-4H3/t15-/m0/s1. The number of hydrogen-bond donors (Lipinski definition) is 0. The summed E-state index contributed by atoms with van der Waals surface area (Å²) in [4.78, 5) is 34.3. The Labute approximate surface area is 144 Å². The van der Waals surface area contributed by atoms with Crippen LogP contribution in [0.25, 0.3) is 0 Å². The van der Waals surface area contributed by atoms with Crippen molar-refractivity contribution in [1.29, 1.82) is 0 Å². The second kappa shape index (κ2) is 8.13. The molecule has 1 aliphatic heterocycles. The maximum absolute atomic E-state index is 12.4. The lowest BCUT2D eigenvalue weighted by Gasteiger charge is -2.40. The molecule has 2 rings (SSSR count). The van der Waals surface area contributed by atoms with Gasteiger partial charge in [-0.2, -0.15) is 0 Å². The fourth-order valence-corrected chi connectivity index (χ4v) is 3.00.